The number of anilines is 1. The Morgan fingerprint density at radius 3 is 2.73 bits per heavy atom. The Bertz CT molecular complexity index is 315. The monoisotopic (exact) mass is 210 g/mol. The van der Waals surface area contributed by atoms with E-state index >= 15 is 0 Å². The minimum absolute atomic E-state index is 0.149. The highest BCUT2D eigenvalue weighted by Gasteiger charge is 2.06. The van der Waals surface area contributed by atoms with Crippen LogP contribution in [0, 0.1) is 0 Å². The Kier molecular flexibility index (Phi) is 4.21. The van der Waals surface area contributed by atoms with Crippen LogP contribution >= 0.6 is 0 Å². The SMILES string of the molecule is CCOc1nc(OC(C)CC)ccc1N. The van der Waals surface area contributed by atoms with Crippen LogP contribution in [-0.4, -0.2) is 17.7 Å². The van der Waals surface area contributed by atoms with E-state index in [1.54, 1.807) is 12.1 Å². The number of hydrogen-bond donors (Lipinski definition) is 1. The first-order valence-electron chi connectivity index (χ1n) is 5.23. The Morgan fingerprint density at radius 2 is 2.13 bits per heavy atom. The second kappa shape index (κ2) is 5.44. The fourth-order valence-corrected chi connectivity index (χ4v) is 1.04. The summed E-state index contributed by atoms with van der Waals surface area (Å²) < 4.78 is 10.8. The fraction of sp³-hybridized carbons (Fsp3) is 0.545. The zero-order chi connectivity index (χ0) is 11.3. The van der Waals surface area contributed by atoms with Crippen molar-refractivity contribution in [2.24, 2.45) is 0 Å². The summed E-state index contributed by atoms with van der Waals surface area (Å²) in [5.41, 5.74) is 6.23. The maximum Gasteiger partial charge on any atom is 0.240 e. The average molecular weight is 210 g/mol. The lowest BCUT2D eigenvalue weighted by atomic mass is 10.3. The average Bonchev–Trinajstić information content (AvgIpc) is 2.23. The largest absolute Gasteiger partial charge is 0.476 e. The molecule has 0 spiro atoms. The number of nitrogens with zero attached hydrogens (tertiary/aromatic N) is 1. The van der Waals surface area contributed by atoms with Gasteiger partial charge in [-0.25, -0.2) is 0 Å². The molecule has 0 radical (unpaired) electrons. The van der Waals surface area contributed by atoms with Crippen LogP contribution in [-0.2, 0) is 0 Å². The van der Waals surface area contributed by atoms with Gasteiger partial charge < -0.3 is 15.2 Å². The fourth-order valence-electron chi connectivity index (χ4n) is 1.04. The van der Waals surface area contributed by atoms with Gasteiger partial charge in [-0.2, -0.15) is 4.98 Å². The third kappa shape index (κ3) is 3.31. The zero-order valence-electron chi connectivity index (χ0n) is 9.49. The minimum Gasteiger partial charge on any atom is -0.476 e. The Labute approximate surface area is 90.4 Å². The third-order valence-corrected chi connectivity index (χ3v) is 2.04. The maximum absolute atomic E-state index is 5.70. The molecule has 1 rings (SSSR count). The predicted molar refractivity (Wildman–Crippen MR) is 60.2 cm³/mol. The van der Waals surface area contributed by atoms with E-state index in [9.17, 15) is 0 Å². The van der Waals surface area contributed by atoms with Crippen molar-refractivity contribution in [1.29, 1.82) is 0 Å². The number of nitrogen functional groups attached to an aromatic ring is 1. The van der Waals surface area contributed by atoms with Crippen molar-refractivity contribution in [2.75, 3.05) is 12.3 Å². The molecule has 0 bridgehead atoms. The molecule has 1 aromatic heterocycles. The highest BCUT2D eigenvalue weighted by atomic mass is 16.5. The summed E-state index contributed by atoms with van der Waals surface area (Å²) in [6.07, 6.45) is 1.09. The first-order valence-corrected chi connectivity index (χ1v) is 5.23. The number of hydrogen-bond acceptors (Lipinski definition) is 4. The molecule has 0 aliphatic carbocycles. The Morgan fingerprint density at radius 1 is 1.40 bits per heavy atom. The molecule has 0 aliphatic heterocycles. The molecule has 4 heteroatoms. The molecule has 1 unspecified atom stereocenters. The molecular formula is C11H18N2O2. The van der Waals surface area contributed by atoms with E-state index in [0.717, 1.165) is 6.42 Å². The standard InChI is InChI=1S/C11H18N2O2/c1-4-8(3)15-10-7-6-9(12)11(13-10)14-5-2/h6-8H,4-5,12H2,1-3H3. The molecule has 15 heavy (non-hydrogen) atoms. The van der Waals surface area contributed by atoms with Crippen molar-refractivity contribution < 1.29 is 9.47 Å². The van der Waals surface area contributed by atoms with Gasteiger partial charge in [0.2, 0.25) is 11.8 Å². The van der Waals surface area contributed by atoms with Gasteiger partial charge in [-0.15, -0.1) is 0 Å². The second-order valence-electron chi connectivity index (χ2n) is 3.31. The third-order valence-electron chi connectivity index (χ3n) is 2.04. The quantitative estimate of drug-likeness (QED) is 0.809. The van der Waals surface area contributed by atoms with Gasteiger partial charge in [0.15, 0.2) is 0 Å². The lowest BCUT2D eigenvalue weighted by molar-refractivity contribution is 0.205. The first-order chi connectivity index (χ1) is 7.17. The van der Waals surface area contributed by atoms with E-state index in [-0.39, 0.29) is 6.10 Å². The normalized spacial score (nSPS) is 12.2. The Balaban J connectivity index is 2.77. The molecule has 0 aliphatic rings. The topological polar surface area (TPSA) is 57.4 Å². The smallest absolute Gasteiger partial charge is 0.240 e. The molecule has 84 valence electrons. The summed E-state index contributed by atoms with van der Waals surface area (Å²) >= 11 is 0. The van der Waals surface area contributed by atoms with Crippen LogP contribution in [0.5, 0.6) is 11.8 Å². The molecule has 1 heterocycles. The van der Waals surface area contributed by atoms with E-state index in [4.69, 9.17) is 15.2 Å². The molecule has 1 aromatic rings. The second-order valence-corrected chi connectivity index (χ2v) is 3.31. The van der Waals surface area contributed by atoms with Gasteiger partial charge in [-0.05, 0) is 26.3 Å². The van der Waals surface area contributed by atoms with Crippen LogP contribution in [0.2, 0.25) is 0 Å². The lowest BCUT2D eigenvalue weighted by Crippen LogP contribution is -2.11. The van der Waals surface area contributed by atoms with Gasteiger partial charge in [-0.1, -0.05) is 6.92 Å². The van der Waals surface area contributed by atoms with Crippen molar-refractivity contribution >= 4 is 5.69 Å². The zero-order valence-corrected chi connectivity index (χ0v) is 9.49. The van der Waals surface area contributed by atoms with Crippen LogP contribution in [0.3, 0.4) is 0 Å². The predicted octanol–water partition coefficient (Wildman–Crippen LogP) is 2.24. The lowest BCUT2D eigenvalue weighted by Gasteiger charge is -2.13. The van der Waals surface area contributed by atoms with Gasteiger partial charge in [0.25, 0.3) is 0 Å². The maximum atomic E-state index is 5.70. The molecular weight excluding hydrogens is 192 g/mol. The molecule has 0 amide bonds. The molecule has 4 nitrogen and oxygen atoms in total. The van der Waals surface area contributed by atoms with Crippen LogP contribution in [0.4, 0.5) is 5.69 Å². The first kappa shape index (κ1) is 11.6. The molecule has 0 saturated carbocycles. The molecule has 0 saturated heterocycles. The Hall–Kier alpha value is -1.45. The molecule has 1 atom stereocenters. The van der Waals surface area contributed by atoms with Gasteiger partial charge in [0.1, 0.15) is 0 Å². The van der Waals surface area contributed by atoms with Crippen LogP contribution < -0.4 is 15.2 Å². The van der Waals surface area contributed by atoms with Crippen molar-refractivity contribution in [2.45, 2.75) is 33.3 Å². The van der Waals surface area contributed by atoms with E-state index in [0.29, 0.717) is 24.1 Å². The highest BCUT2D eigenvalue weighted by molar-refractivity contribution is 5.49. The summed E-state index contributed by atoms with van der Waals surface area (Å²) in [5.74, 6) is 1.00. The summed E-state index contributed by atoms with van der Waals surface area (Å²) in [7, 11) is 0. The van der Waals surface area contributed by atoms with Crippen molar-refractivity contribution in [3.8, 4) is 11.8 Å². The minimum atomic E-state index is 0.149. The van der Waals surface area contributed by atoms with E-state index < -0.39 is 0 Å². The van der Waals surface area contributed by atoms with Gasteiger partial charge in [-0.3, -0.25) is 0 Å². The van der Waals surface area contributed by atoms with Crippen LogP contribution in [0.25, 0.3) is 0 Å². The molecule has 2 N–H and O–H groups in total. The van der Waals surface area contributed by atoms with E-state index in [2.05, 4.69) is 11.9 Å². The van der Waals surface area contributed by atoms with Crippen molar-refractivity contribution in [1.82, 2.24) is 4.98 Å². The molecule has 0 aromatic carbocycles. The summed E-state index contributed by atoms with van der Waals surface area (Å²) in [4.78, 5) is 4.18. The van der Waals surface area contributed by atoms with E-state index in [1.165, 1.54) is 0 Å². The van der Waals surface area contributed by atoms with Crippen molar-refractivity contribution in [3.05, 3.63) is 12.1 Å². The van der Waals surface area contributed by atoms with Crippen LogP contribution in [0.1, 0.15) is 27.2 Å². The number of aromatic nitrogens is 1. The van der Waals surface area contributed by atoms with Crippen LogP contribution in [0.15, 0.2) is 12.1 Å². The van der Waals surface area contributed by atoms with E-state index in [1.807, 2.05) is 13.8 Å². The van der Waals surface area contributed by atoms with Gasteiger partial charge in [0.05, 0.1) is 18.4 Å². The van der Waals surface area contributed by atoms with Gasteiger partial charge in [0, 0.05) is 6.07 Å². The summed E-state index contributed by atoms with van der Waals surface area (Å²) in [6, 6.07) is 3.50. The summed E-state index contributed by atoms with van der Waals surface area (Å²) in [6.45, 7) is 6.50. The highest BCUT2D eigenvalue weighted by Crippen LogP contribution is 2.22. The van der Waals surface area contributed by atoms with Crippen molar-refractivity contribution in [3.63, 3.8) is 0 Å². The number of nitrogens with two attached hydrogens (primary N) is 1. The summed E-state index contributed by atoms with van der Waals surface area (Å²) in [5, 5.41) is 0. The number of pyridine rings is 1. The van der Waals surface area contributed by atoms with Gasteiger partial charge >= 0.3 is 0 Å². The number of ether oxygens (including phenoxy) is 2. The number of rotatable bonds is 5. The molecule has 0 fully saturated rings.